The van der Waals surface area contributed by atoms with E-state index in [2.05, 4.69) is 0 Å². The standard InChI is InChI=1S/C18H15F3O3/c1-2-23-17(22)10-9-13-5-3-7-15(11-13)24-16-8-4-6-14(12-16)18(19,20)21/h3-12H,2H2,1H3/b10-9+. The van der Waals surface area contributed by atoms with E-state index >= 15 is 0 Å². The van der Waals surface area contributed by atoms with Gasteiger partial charge in [-0.3, -0.25) is 0 Å². The average Bonchev–Trinajstić information content (AvgIpc) is 2.53. The molecule has 0 aliphatic carbocycles. The molecule has 6 heteroatoms. The molecule has 0 N–H and O–H groups in total. The van der Waals surface area contributed by atoms with Crippen LogP contribution < -0.4 is 4.74 Å². The highest BCUT2D eigenvalue weighted by molar-refractivity contribution is 5.87. The van der Waals surface area contributed by atoms with Crippen molar-refractivity contribution in [3.8, 4) is 11.5 Å². The molecule has 0 aliphatic rings. The van der Waals surface area contributed by atoms with Gasteiger partial charge in [0, 0.05) is 6.08 Å². The predicted molar refractivity (Wildman–Crippen MR) is 83.6 cm³/mol. The summed E-state index contributed by atoms with van der Waals surface area (Å²) in [4.78, 5) is 11.3. The van der Waals surface area contributed by atoms with Gasteiger partial charge < -0.3 is 9.47 Å². The fourth-order valence-corrected chi connectivity index (χ4v) is 1.91. The molecule has 24 heavy (non-hydrogen) atoms. The fraction of sp³-hybridized carbons (Fsp3) is 0.167. The van der Waals surface area contributed by atoms with Crippen molar-refractivity contribution in [1.82, 2.24) is 0 Å². The van der Waals surface area contributed by atoms with Crippen molar-refractivity contribution in [3.05, 3.63) is 65.7 Å². The first-order chi connectivity index (χ1) is 11.4. The molecule has 0 fully saturated rings. The van der Waals surface area contributed by atoms with Crippen LogP contribution in [0.2, 0.25) is 0 Å². The Morgan fingerprint density at radius 1 is 1.08 bits per heavy atom. The molecule has 0 radical (unpaired) electrons. The molecule has 0 atom stereocenters. The zero-order valence-electron chi connectivity index (χ0n) is 12.8. The molecule has 0 unspecified atom stereocenters. The Labute approximate surface area is 137 Å². The van der Waals surface area contributed by atoms with Gasteiger partial charge in [0.2, 0.25) is 0 Å². The van der Waals surface area contributed by atoms with Crippen LogP contribution in [-0.2, 0) is 15.7 Å². The van der Waals surface area contributed by atoms with Gasteiger partial charge in [-0.2, -0.15) is 13.2 Å². The van der Waals surface area contributed by atoms with E-state index in [-0.39, 0.29) is 12.4 Å². The molecule has 126 valence electrons. The lowest BCUT2D eigenvalue weighted by Crippen LogP contribution is -2.04. The maximum absolute atomic E-state index is 12.7. The minimum atomic E-state index is -4.43. The minimum Gasteiger partial charge on any atom is -0.463 e. The Bertz CT molecular complexity index is 736. The SMILES string of the molecule is CCOC(=O)/C=C/c1cccc(Oc2cccc(C(F)(F)F)c2)c1. The Hall–Kier alpha value is -2.76. The molecular weight excluding hydrogens is 321 g/mol. The lowest BCUT2D eigenvalue weighted by molar-refractivity contribution is -0.138. The Kier molecular flexibility index (Phi) is 5.63. The number of ether oxygens (including phenoxy) is 2. The van der Waals surface area contributed by atoms with E-state index in [0.29, 0.717) is 11.3 Å². The normalized spacial score (nSPS) is 11.5. The lowest BCUT2D eigenvalue weighted by atomic mass is 10.2. The first-order valence-electron chi connectivity index (χ1n) is 7.18. The number of rotatable bonds is 5. The molecule has 0 heterocycles. The molecule has 0 saturated heterocycles. The lowest BCUT2D eigenvalue weighted by Gasteiger charge is -2.10. The molecule has 2 rings (SSSR count). The summed E-state index contributed by atoms with van der Waals surface area (Å²) in [5, 5.41) is 0. The van der Waals surface area contributed by atoms with Crippen molar-refractivity contribution >= 4 is 12.0 Å². The summed E-state index contributed by atoms with van der Waals surface area (Å²) in [7, 11) is 0. The van der Waals surface area contributed by atoms with Crippen LogP contribution in [0.25, 0.3) is 6.08 Å². The van der Waals surface area contributed by atoms with E-state index in [9.17, 15) is 18.0 Å². The molecule has 0 saturated carbocycles. The second-order valence-corrected chi connectivity index (χ2v) is 4.79. The van der Waals surface area contributed by atoms with Crippen molar-refractivity contribution in [1.29, 1.82) is 0 Å². The molecule has 3 nitrogen and oxygen atoms in total. The van der Waals surface area contributed by atoms with E-state index in [4.69, 9.17) is 9.47 Å². The van der Waals surface area contributed by atoms with Crippen LogP contribution >= 0.6 is 0 Å². The summed E-state index contributed by atoms with van der Waals surface area (Å²) < 4.78 is 48.3. The highest BCUT2D eigenvalue weighted by Gasteiger charge is 2.30. The zero-order valence-corrected chi connectivity index (χ0v) is 12.8. The number of benzene rings is 2. The molecule has 0 aliphatic heterocycles. The number of carbonyl (C=O) groups is 1. The second-order valence-electron chi connectivity index (χ2n) is 4.79. The van der Waals surface area contributed by atoms with Crippen LogP contribution in [0.3, 0.4) is 0 Å². The summed E-state index contributed by atoms with van der Waals surface area (Å²) in [5.41, 5.74) is -0.120. The van der Waals surface area contributed by atoms with Gasteiger partial charge in [0.05, 0.1) is 12.2 Å². The zero-order chi connectivity index (χ0) is 17.6. The quantitative estimate of drug-likeness (QED) is 0.564. The predicted octanol–water partition coefficient (Wildman–Crippen LogP) is 5.07. The average molecular weight is 336 g/mol. The van der Waals surface area contributed by atoms with Crippen molar-refractivity contribution in [2.45, 2.75) is 13.1 Å². The molecule has 2 aromatic rings. The highest BCUT2D eigenvalue weighted by atomic mass is 19.4. The van der Waals surface area contributed by atoms with Gasteiger partial charge >= 0.3 is 12.1 Å². The Morgan fingerprint density at radius 2 is 1.75 bits per heavy atom. The van der Waals surface area contributed by atoms with Gasteiger partial charge in [0.15, 0.2) is 0 Å². The van der Waals surface area contributed by atoms with E-state index in [0.717, 1.165) is 12.1 Å². The van der Waals surface area contributed by atoms with E-state index in [1.165, 1.54) is 24.3 Å². The van der Waals surface area contributed by atoms with Gasteiger partial charge in [0.25, 0.3) is 0 Å². The summed E-state index contributed by atoms with van der Waals surface area (Å²) in [5.74, 6) is -0.0293. The highest BCUT2D eigenvalue weighted by Crippen LogP contribution is 2.32. The third-order valence-electron chi connectivity index (χ3n) is 2.95. The molecule has 0 amide bonds. The number of alkyl halides is 3. The van der Waals surface area contributed by atoms with Gasteiger partial charge in [-0.05, 0) is 48.9 Å². The van der Waals surface area contributed by atoms with Crippen molar-refractivity contribution < 1.29 is 27.4 Å². The number of hydrogen-bond donors (Lipinski definition) is 0. The summed E-state index contributed by atoms with van der Waals surface area (Å²) in [6, 6.07) is 11.3. The van der Waals surface area contributed by atoms with Crippen LogP contribution in [-0.4, -0.2) is 12.6 Å². The van der Waals surface area contributed by atoms with Gasteiger partial charge in [-0.25, -0.2) is 4.79 Å². The largest absolute Gasteiger partial charge is 0.463 e. The number of carbonyl (C=O) groups excluding carboxylic acids is 1. The molecule has 0 aromatic heterocycles. The number of hydrogen-bond acceptors (Lipinski definition) is 3. The second kappa shape index (κ2) is 7.68. The van der Waals surface area contributed by atoms with E-state index in [1.807, 2.05) is 0 Å². The van der Waals surface area contributed by atoms with Crippen LogP contribution in [0.1, 0.15) is 18.1 Å². The number of esters is 1. The van der Waals surface area contributed by atoms with Gasteiger partial charge in [-0.15, -0.1) is 0 Å². The van der Waals surface area contributed by atoms with E-state index < -0.39 is 17.7 Å². The van der Waals surface area contributed by atoms with Crippen molar-refractivity contribution in [2.75, 3.05) is 6.61 Å². The van der Waals surface area contributed by atoms with Crippen LogP contribution in [0.4, 0.5) is 13.2 Å². The molecule has 0 spiro atoms. The topological polar surface area (TPSA) is 35.5 Å². The molecular formula is C18H15F3O3. The smallest absolute Gasteiger partial charge is 0.416 e. The Morgan fingerprint density at radius 3 is 2.42 bits per heavy atom. The van der Waals surface area contributed by atoms with Gasteiger partial charge in [-0.1, -0.05) is 18.2 Å². The minimum absolute atomic E-state index is 0.0800. The maximum Gasteiger partial charge on any atom is 0.416 e. The van der Waals surface area contributed by atoms with Crippen molar-refractivity contribution in [2.24, 2.45) is 0 Å². The molecule has 0 bridgehead atoms. The van der Waals surface area contributed by atoms with Gasteiger partial charge in [0.1, 0.15) is 11.5 Å². The van der Waals surface area contributed by atoms with E-state index in [1.54, 1.807) is 31.2 Å². The third kappa shape index (κ3) is 5.15. The summed E-state index contributed by atoms with van der Waals surface area (Å²) in [6.45, 7) is 1.98. The summed E-state index contributed by atoms with van der Waals surface area (Å²) >= 11 is 0. The molecule has 2 aromatic carbocycles. The monoisotopic (exact) mass is 336 g/mol. The van der Waals surface area contributed by atoms with Crippen LogP contribution in [0.15, 0.2) is 54.6 Å². The fourth-order valence-electron chi connectivity index (χ4n) is 1.91. The Balaban J connectivity index is 2.14. The first kappa shape index (κ1) is 17.6. The van der Waals surface area contributed by atoms with Crippen molar-refractivity contribution in [3.63, 3.8) is 0 Å². The first-order valence-corrected chi connectivity index (χ1v) is 7.18. The summed E-state index contributed by atoms with van der Waals surface area (Å²) in [6.07, 6.45) is -1.62. The third-order valence-corrected chi connectivity index (χ3v) is 2.95. The van der Waals surface area contributed by atoms with Crippen LogP contribution in [0.5, 0.6) is 11.5 Å². The number of halogens is 3. The maximum atomic E-state index is 12.7. The van der Waals surface area contributed by atoms with Crippen LogP contribution in [0, 0.1) is 0 Å².